The summed E-state index contributed by atoms with van der Waals surface area (Å²) in [6.07, 6.45) is 4.23. The summed E-state index contributed by atoms with van der Waals surface area (Å²) < 4.78 is 5.38. The summed E-state index contributed by atoms with van der Waals surface area (Å²) in [6, 6.07) is 24.8. The Kier molecular flexibility index (Phi) is 7.86. The van der Waals surface area contributed by atoms with E-state index in [9.17, 15) is 9.59 Å². The van der Waals surface area contributed by atoms with Crippen LogP contribution in [0.2, 0.25) is 0 Å². The molecule has 1 aliphatic rings. The highest BCUT2D eigenvalue weighted by Gasteiger charge is 2.38. The lowest BCUT2D eigenvalue weighted by Crippen LogP contribution is -2.47. The number of hydrogen-bond donors (Lipinski definition) is 0. The topological polar surface area (TPSA) is 49.9 Å². The summed E-state index contributed by atoms with van der Waals surface area (Å²) in [7, 11) is 1.60. The second kappa shape index (κ2) is 11.2. The second-order valence-electron chi connectivity index (χ2n) is 9.12. The summed E-state index contributed by atoms with van der Waals surface area (Å²) in [5.41, 5.74) is 3.29. The van der Waals surface area contributed by atoms with Gasteiger partial charge in [-0.25, -0.2) is 0 Å². The van der Waals surface area contributed by atoms with Gasteiger partial charge in [0.15, 0.2) is 0 Å². The predicted molar refractivity (Wildman–Crippen MR) is 141 cm³/mol. The third kappa shape index (κ3) is 5.24. The van der Waals surface area contributed by atoms with Gasteiger partial charge in [-0.3, -0.25) is 9.59 Å². The number of benzene rings is 3. The van der Waals surface area contributed by atoms with Crippen LogP contribution >= 0.6 is 0 Å². The molecule has 182 valence electrons. The van der Waals surface area contributed by atoms with Crippen LogP contribution in [0.5, 0.6) is 5.75 Å². The highest BCUT2D eigenvalue weighted by atomic mass is 16.5. The molecule has 2 amide bonds. The van der Waals surface area contributed by atoms with E-state index in [1.165, 1.54) is 0 Å². The molecule has 3 aromatic carbocycles. The van der Waals surface area contributed by atoms with Crippen molar-refractivity contribution in [1.29, 1.82) is 0 Å². The van der Waals surface area contributed by atoms with Gasteiger partial charge >= 0.3 is 0 Å². The fourth-order valence-electron chi connectivity index (χ4n) is 4.98. The average Bonchev–Trinajstić information content (AvgIpc) is 2.89. The van der Waals surface area contributed by atoms with Gasteiger partial charge in [-0.1, -0.05) is 62.2 Å². The number of carbonyl (C=O) groups excluding carboxylic acids is 2. The number of methoxy groups -OCH3 is 1. The van der Waals surface area contributed by atoms with Crippen molar-refractivity contribution in [1.82, 2.24) is 0 Å². The van der Waals surface area contributed by atoms with Crippen LogP contribution in [0.4, 0.5) is 11.4 Å². The van der Waals surface area contributed by atoms with Gasteiger partial charge in [0.25, 0.3) is 5.91 Å². The van der Waals surface area contributed by atoms with Crippen molar-refractivity contribution in [2.45, 2.75) is 58.0 Å². The maximum atomic E-state index is 14.0. The minimum Gasteiger partial charge on any atom is -0.497 e. The van der Waals surface area contributed by atoms with Gasteiger partial charge in [0.2, 0.25) is 5.91 Å². The Balaban J connectivity index is 1.76. The highest BCUT2D eigenvalue weighted by molar-refractivity contribution is 6.07. The lowest BCUT2D eigenvalue weighted by molar-refractivity contribution is -0.119. The lowest BCUT2D eigenvalue weighted by Gasteiger charge is -2.43. The largest absolute Gasteiger partial charge is 0.497 e. The smallest absolute Gasteiger partial charge is 0.258 e. The highest BCUT2D eigenvalue weighted by Crippen LogP contribution is 2.43. The van der Waals surface area contributed by atoms with E-state index >= 15 is 0 Å². The molecule has 0 bridgehead atoms. The Morgan fingerprint density at radius 3 is 2.46 bits per heavy atom. The van der Waals surface area contributed by atoms with E-state index < -0.39 is 0 Å². The number of unbranched alkanes of at least 4 members (excludes halogenated alkanes) is 2. The number of rotatable bonds is 8. The Bertz CT molecular complexity index is 1160. The van der Waals surface area contributed by atoms with Crippen LogP contribution in [0.25, 0.3) is 0 Å². The normalized spacial score (nSPS) is 16.9. The number of hydrogen-bond acceptors (Lipinski definition) is 3. The van der Waals surface area contributed by atoms with Crippen LogP contribution in [-0.2, 0) is 4.79 Å². The van der Waals surface area contributed by atoms with Crippen molar-refractivity contribution in [3.63, 3.8) is 0 Å². The van der Waals surface area contributed by atoms with E-state index in [4.69, 9.17) is 4.74 Å². The van der Waals surface area contributed by atoms with Crippen LogP contribution in [0.1, 0.15) is 67.9 Å². The summed E-state index contributed by atoms with van der Waals surface area (Å²) in [6.45, 7) is 4.23. The van der Waals surface area contributed by atoms with Crippen LogP contribution in [0, 0.1) is 0 Å². The maximum Gasteiger partial charge on any atom is 0.258 e. The summed E-state index contributed by atoms with van der Waals surface area (Å²) in [4.78, 5) is 31.1. The van der Waals surface area contributed by atoms with E-state index in [1.54, 1.807) is 13.2 Å². The van der Waals surface area contributed by atoms with Crippen molar-refractivity contribution in [3.05, 3.63) is 90.0 Å². The van der Waals surface area contributed by atoms with Crippen LogP contribution in [0.3, 0.4) is 0 Å². The third-order valence-corrected chi connectivity index (χ3v) is 6.70. The van der Waals surface area contributed by atoms with Crippen molar-refractivity contribution in [3.8, 4) is 5.75 Å². The minimum absolute atomic E-state index is 0.0339. The second-order valence-corrected chi connectivity index (χ2v) is 9.12. The standard InChI is InChI=1S/C30H34N2O3/c1-4-5-7-19-29(33)31-22(2)20-28(26-17-10-11-18-27(26)31)32(24-14-8-6-9-15-24)30(34)23-13-12-16-25(21-23)35-3/h6,8-18,21-22,28H,4-5,7,19-20H2,1-3H3. The van der Waals surface area contributed by atoms with Crippen LogP contribution in [-0.4, -0.2) is 25.0 Å². The van der Waals surface area contributed by atoms with Crippen molar-refractivity contribution < 1.29 is 14.3 Å². The van der Waals surface area contributed by atoms with Crippen molar-refractivity contribution >= 4 is 23.2 Å². The molecule has 0 radical (unpaired) electrons. The lowest BCUT2D eigenvalue weighted by atomic mass is 9.89. The third-order valence-electron chi connectivity index (χ3n) is 6.70. The van der Waals surface area contributed by atoms with Gasteiger partial charge in [-0.05, 0) is 61.7 Å². The number of amides is 2. The molecule has 5 nitrogen and oxygen atoms in total. The Hall–Kier alpha value is -3.60. The van der Waals surface area contributed by atoms with Gasteiger partial charge in [-0.2, -0.15) is 0 Å². The Morgan fingerprint density at radius 2 is 1.71 bits per heavy atom. The first-order valence-corrected chi connectivity index (χ1v) is 12.5. The molecule has 2 unspecified atom stereocenters. The first-order chi connectivity index (χ1) is 17.0. The molecular formula is C30H34N2O3. The van der Waals surface area contributed by atoms with Crippen molar-refractivity contribution in [2.75, 3.05) is 16.9 Å². The molecule has 4 rings (SSSR count). The molecular weight excluding hydrogens is 436 g/mol. The number of ether oxygens (including phenoxy) is 1. The SMILES string of the molecule is CCCCCC(=O)N1c2ccccc2C(N(C(=O)c2cccc(OC)c2)c2ccccc2)CC1C. The predicted octanol–water partition coefficient (Wildman–Crippen LogP) is 6.79. The van der Waals surface area contributed by atoms with Gasteiger partial charge < -0.3 is 14.5 Å². The minimum atomic E-state index is -0.206. The fraction of sp³-hybridized carbons (Fsp3) is 0.333. The van der Waals surface area contributed by atoms with E-state index in [0.29, 0.717) is 24.2 Å². The van der Waals surface area contributed by atoms with E-state index in [0.717, 1.165) is 36.2 Å². The number of nitrogens with zero attached hydrogens (tertiary/aromatic N) is 2. The van der Waals surface area contributed by atoms with Gasteiger partial charge in [0.1, 0.15) is 5.75 Å². The maximum absolute atomic E-state index is 14.0. The quantitative estimate of drug-likeness (QED) is 0.341. The summed E-state index contributed by atoms with van der Waals surface area (Å²) in [5.74, 6) is 0.706. The zero-order valence-corrected chi connectivity index (χ0v) is 20.8. The van der Waals surface area contributed by atoms with Gasteiger partial charge in [-0.15, -0.1) is 0 Å². The molecule has 0 N–H and O–H groups in total. The molecule has 0 aromatic heterocycles. The van der Waals surface area contributed by atoms with Gasteiger partial charge in [0.05, 0.1) is 13.2 Å². The molecule has 35 heavy (non-hydrogen) atoms. The number of anilines is 2. The van der Waals surface area contributed by atoms with Crippen LogP contribution in [0.15, 0.2) is 78.9 Å². The molecule has 2 atom stereocenters. The molecule has 3 aromatic rings. The zero-order chi connectivity index (χ0) is 24.8. The summed E-state index contributed by atoms with van der Waals surface area (Å²) >= 11 is 0. The molecule has 0 spiro atoms. The van der Waals surface area contributed by atoms with E-state index in [-0.39, 0.29) is 23.9 Å². The van der Waals surface area contributed by atoms with E-state index in [2.05, 4.69) is 13.8 Å². The molecule has 5 heteroatoms. The van der Waals surface area contributed by atoms with Crippen LogP contribution < -0.4 is 14.5 Å². The molecule has 0 saturated carbocycles. The number of para-hydroxylation sites is 2. The first kappa shape index (κ1) is 24.5. The first-order valence-electron chi connectivity index (χ1n) is 12.5. The monoisotopic (exact) mass is 470 g/mol. The molecule has 0 aliphatic carbocycles. The Morgan fingerprint density at radius 1 is 0.971 bits per heavy atom. The number of carbonyl (C=O) groups is 2. The average molecular weight is 471 g/mol. The Labute approximate surface area is 208 Å². The molecule has 1 heterocycles. The fourth-order valence-corrected chi connectivity index (χ4v) is 4.98. The molecule has 1 aliphatic heterocycles. The van der Waals surface area contributed by atoms with E-state index in [1.807, 2.05) is 82.6 Å². The number of fused-ring (bicyclic) bond motifs is 1. The van der Waals surface area contributed by atoms with Gasteiger partial charge in [0, 0.05) is 29.4 Å². The molecule has 0 saturated heterocycles. The summed E-state index contributed by atoms with van der Waals surface area (Å²) in [5, 5.41) is 0. The zero-order valence-electron chi connectivity index (χ0n) is 20.8. The van der Waals surface area contributed by atoms with Crippen molar-refractivity contribution in [2.24, 2.45) is 0 Å². The molecule has 0 fully saturated rings.